The Kier molecular flexibility index (Phi) is 10.8. The van der Waals surface area contributed by atoms with Crippen molar-refractivity contribution in [3.63, 3.8) is 0 Å². The topological polar surface area (TPSA) is 96.0 Å². The molecule has 214 valence electrons. The fraction of sp³-hybridized carbons (Fsp3) is 0.310. The number of nitrogens with one attached hydrogen (secondary N) is 1. The van der Waals surface area contributed by atoms with Gasteiger partial charge in [-0.1, -0.05) is 60.5 Å². The molecular formula is C29H33Cl2N3O5S. The molecule has 11 heteroatoms. The molecule has 0 aliphatic carbocycles. The first kappa shape index (κ1) is 31.3. The zero-order valence-corrected chi connectivity index (χ0v) is 25.1. The number of halogens is 2. The summed E-state index contributed by atoms with van der Waals surface area (Å²) in [5.41, 5.74) is 0.671. The lowest BCUT2D eigenvalue weighted by atomic mass is 10.1. The van der Waals surface area contributed by atoms with Crippen LogP contribution in [-0.4, -0.2) is 50.9 Å². The third kappa shape index (κ3) is 7.47. The van der Waals surface area contributed by atoms with Crippen LogP contribution in [0.5, 0.6) is 5.75 Å². The number of carbonyl (C=O) groups is 2. The molecule has 0 aliphatic rings. The maximum atomic E-state index is 14.0. The molecule has 0 unspecified atom stereocenters. The third-order valence-corrected chi connectivity index (χ3v) is 9.01. The lowest BCUT2D eigenvalue weighted by molar-refractivity contribution is -0.139. The quantitative estimate of drug-likeness (QED) is 0.293. The van der Waals surface area contributed by atoms with Gasteiger partial charge in [-0.2, -0.15) is 0 Å². The van der Waals surface area contributed by atoms with Crippen LogP contribution < -0.4 is 14.4 Å². The van der Waals surface area contributed by atoms with Gasteiger partial charge in [-0.05, 0) is 56.7 Å². The van der Waals surface area contributed by atoms with Crippen LogP contribution in [0.1, 0.15) is 32.8 Å². The van der Waals surface area contributed by atoms with Crippen molar-refractivity contribution < 1.29 is 22.7 Å². The monoisotopic (exact) mass is 605 g/mol. The first-order valence-corrected chi connectivity index (χ1v) is 14.9. The molecule has 0 heterocycles. The van der Waals surface area contributed by atoms with Gasteiger partial charge >= 0.3 is 0 Å². The molecule has 0 saturated heterocycles. The molecule has 0 fully saturated rings. The van der Waals surface area contributed by atoms with Crippen LogP contribution in [-0.2, 0) is 26.2 Å². The lowest BCUT2D eigenvalue weighted by Crippen LogP contribution is -2.52. The van der Waals surface area contributed by atoms with Gasteiger partial charge in [0.2, 0.25) is 11.8 Å². The SMILES string of the molecule is CC[C@@H](C)NC(=O)[C@H](C)N(Cc1c(Cl)cccc1Cl)C(=O)CN(c1cccc(OC)c1)S(=O)(=O)c1ccccc1. The zero-order valence-electron chi connectivity index (χ0n) is 22.8. The van der Waals surface area contributed by atoms with Crippen molar-refractivity contribution in [1.29, 1.82) is 0 Å². The maximum absolute atomic E-state index is 14.0. The molecule has 0 aromatic heterocycles. The van der Waals surface area contributed by atoms with Gasteiger partial charge in [-0.15, -0.1) is 0 Å². The number of hydrogen-bond donors (Lipinski definition) is 1. The smallest absolute Gasteiger partial charge is 0.264 e. The molecular weight excluding hydrogens is 573 g/mol. The predicted octanol–water partition coefficient (Wildman–Crippen LogP) is 5.53. The van der Waals surface area contributed by atoms with Gasteiger partial charge in [-0.25, -0.2) is 8.42 Å². The van der Waals surface area contributed by atoms with E-state index in [2.05, 4.69) is 5.32 Å². The Morgan fingerprint density at radius 1 is 0.950 bits per heavy atom. The molecule has 0 aliphatic heterocycles. The van der Waals surface area contributed by atoms with Gasteiger partial charge < -0.3 is 15.0 Å². The first-order valence-electron chi connectivity index (χ1n) is 12.7. The van der Waals surface area contributed by atoms with E-state index < -0.39 is 28.5 Å². The van der Waals surface area contributed by atoms with Crippen LogP contribution in [0.4, 0.5) is 5.69 Å². The molecule has 3 aromatic carbocycles. The summed E-state index contributed by atoms with van der Waals surface area (Å²) >= 11 is 12.8. The van der Waals surface area contributed by atoms with E-state index in [1.807, 2.05) is 13.8 Å². The standard InChI is InChI=1S/C29H33Cl2N3O5S/c1-5-20(2)32-29(36)21(3)33(18-25-26(30)15-10-16-27(25)31)28(35)19-34(22-11-9-12-23(17-22)39-4)40(37,38)24-13-7-6-8-14-24/h6-17,20-21H,5,18-19H2,1-4H3,(H,32,36)/t20-,21+/m1/s1. The summed E-state index contributed by atoms with van der Waals surface area (Å²) in [6.07, 6.45) is 0.696. The Balaban J connectivity index is 2.07. The molecule has 0 bridgehead atoms. The van der Waals surface area contributed by atoms with Crippen LogP contribution in [0.2, 0.25) is 10.0 Å². The Morgan fingerprint density at radius 2 is 1.57 bits per heavy atom. The number of methoxy groups -OCH3 is 1. The van der Waals surface area contributed by atoms with Crippen molar-refractivity contribution in [3.05, 3.63) is 88.4 Å². The number of amides is 2. The van der Waals surface area contributed by atoms with E-state index in [4.69, 9.17) is 27.9 Å². The number of hydrogen-bond acceptors (Lipinski definition) is 5. The van der Waals surface area contributed by atoms with Gasteiger partial charge in [0.25, 0.3) is 10.0 Å². The van der Waals surface area contributed by atoms with E-state index in [-0.39, 0.29) is 29.1 Å². The molecule has 8 nitrogen and oxygen atoms in total. The van der Waals surface area contributed by atoms with Gasteiger partial charge in [0.15, 0.2) is 0 Å². The normalized spacial score (nSPS) is 12.8. The molecule has 2 amide bonds. The minimum absolute atomic E-state index is 0.00822. The van der Waals surface area contributed by atoms with Crippen LogP contribution >= 0.6 is 23.2 Å². The average molecular weight is 607 g/mol. The molecule has 3 rings (SSSR count). The summed E-state index contributed by atoms with van der Waals surface area (Å²) in [5, 5.41) is 3.53. The summed E-state index contributed by atoms with van der Waals surface area (Å²) in [6.45, 7) is 4.68. The van der Waals surface area contributed by atoms with Gasteiger partial charge in [0.1, 0.15) is 18.3 Å². The van der Waals surface area contributed by atoms with Crippen molar-refractivity contribution in [2.75, 3.05) is 18.0 Å². The molecule has 0 saturated carbocycles. The van der Waals surface area contributed by atoms with Crippen LogP contribution in [0, 0.1) is 0 Å². The number of carbonyl (C=O) groups excluding carboxylic acids is 2. The molecule has 3 aromatic rings. The van der Waals surface area contributed by atoms with Crippen molar-refractivity contribution in [2.24, 2.45) is 0 Å². The van der Waals surface area contributed by atoms with E-state index in [1.165, 1.54) is 30.2 Å². The number of anilines is 1. The molecule has 2 atom stereocenters. The van der Waals surface area contributed by atoms with Crippen LogP contribution in [0.25, 0.3) is 0 Å². The van der Waals surface area contributed by atoms with Gasteiger partial charge in [0, 0.05) is 34.3 Å². The van der Waals surface area contributed by atoms with Crippen LogP contribution in [0.15, 0.2) is 77.7 Å². The minimum atomic E-state index is -4.19. The van der Waals surface area contributed by atoms with E-state index in [0.29, 0.717) is 27.8 Å². The number of benzene rings is 3. The summed E-state index contributed by atoms with van der Waals surface area (Å²) in [7, 11) is -2.72. The van der Waals surface area contributed by atoms with Crippen LogP contribution in [0.3, 0.4) is 0 Å². The Hall–Kier alpha value is -3.27. The second-order valence-corrected chi connectivity index (χ2v) is 11.9. The number of nitrogens with zero attached hydrogens (tertiary/aromatic N) is 2. The fourth-order valence-corrected chi connectivity index (χ4v) is 5.86. The van der Waals surface area contributed by atoms with E-state index >= 15 is 0 Å². The average Bonchev–Trinajstić information content (AvgIpc) is 2.95. The highest BCUT2D eigenvalue weighted by Crippen LogP contribution is 2.29. The highest BCUT2D eigenvalue weighted by Gasteiger charge is 2.33. The molecule has 0 spiro atoms. The number of ether oxygens (including phenoxy) is 1. The van der Waals surface area contributed by atoms with Crippen molar-refractivity contribution >= 4 is 50.7 Å². The van der Waals surface area contributed by atoms with Gasteiger partial charge in [-0.3, -0.25) is 13.9 Å². The second-order valence-electron chi connectivity index (χ2n) is 9.24. The zero-order chi connectivity index (χ0) is 29.4. The Bertz CT molecular complexity index is 1420. The van der Waals surface area contributed by atoms with E-state index in [9.17, 15) is 18.0 Å². The predicted molar refractivity (Wildman–Crippen MR) is 158 cm³/mol. The second kappa shape index (κ2) is 13.9. The summed E-state index contributed by atoms with van der Waals surface area (Å²) < 4.78 is 34.0. The highest BCUT2D eigenvalue weighted by atomic mass is 35.5. The van der Waals surface area contributed by atoms with Crippen molar-refractivity contribution in [1.82, 2.24) is 10.2 Å². The largest absolute Gasteiger partial charge is 0.497 e. The van der Waals surface area contributed by atoms with Gasteiger partial charge in [0.05, 0.1) is 17.7 Å². The molecule has 1 N–H and O–H groups in total. The molecule has 40 heavy (non-hydrogen) atoms. The minimum Gasteiger partial charge on any atom is -0.497 e. The summed E-state index contributed by atoms with van der Waals surface area (Å²) in [5.74, 6) is -0.589. The Labute approximate surface area is 245 Å². The first-order chi connectivity index (χ1) is 19.0. The van der Waals surface area contributed by atoms with E-state index in [1.54, 1.807) is 61.5 Å². The maximum Gasteiger partial charge on any atom is 0.264 e. The number of rotatable bonds is 12. The summed E-state index contributed by atoms with van der Waals surface area (Å²) in [4.78, 5) is 28.5. The van der Waals surface area contributed by atoms with Crippen molar-refractivity contribution in [3.8, 4) is 5.75 Å². The van der Waals surface area contributed by atoms with Crippen molar-refractivity contribution in [2.45, 2.75) is 50.7 Å². The number of sulfonamides is 1. The van der Waals surface area contributed by atoms with E-state index in [0.717, 1.165) is 4.31 Å². The highest BCUT2D eigenvalue weighted by molar-refractivity contribution is 7.92. The fourth-order valence-electron chi connectivity index (χ4n) is 3.92. The third-order valence-electron chi connectivity index (χ3n) is 6.51. The lowest BCUT2D eigenvalue weighted by Gasteiger charge is -2.33. The Morgan fingerprint density at radius 3 is 2.17 bits per heavy atom. The summed E-state index contributed by atoms with van der Waals surface area (Å²) in [6, 6.07) is 18.1. The molecule has 0 radical (unpaired) electrons.